The maximum Gasteiger partial charge on any atom is 0.258 e. The number of ether oxygens (including phenoxy) is 1. The Balaban J connectivity index is 2.23. The van der Waals surface area contributed by atoms with Crippen LogP contribution in [0.3, 0.4) is 0 Å². The van der Waals surface area contributed by atoms with E-state index in [0.717, 1.165) is 0 Å². The first-order valence-electron chi connectivity index (χ1n) is 5.64. The molecule has 0 aliphatic carbocycles. The molecule has 0 heterocycles. The zero-order valence-corrected chi connectivity index (χ0v) is 13.0. The second-order valence-corrected chi connectivity index (χ2v) is 5.34. The average Bonchev–Trinajstić information content (AvgIpc) is 2.41. The van der Waals surface area contributed by atoms with Crippen LogP contribution in [0, 0.1) is 5.82 Å². The third-order valence-corrected chi connectivity index (χ3v) is 3.50. The molecule has 2 aromatic rings. The molecule has 0 saturated heterocycles. The van der Waals surface area contributed by atoms with Crippen molar-refractivity contribution in [2.45, 2.75) is 4.90 Å². The molecule has 1 N–H and O–H groups in total. The SMILES string of the molecule is COc1ccc(NC(=O)c2cc(S)ccc2F)cc1Br. The molecule has 6 heteroatoms. The highest BCUT2D eigenvalue weighted by atomic mass is 79.9. The van der Waals surface area contributed by atoms with Crippen LogP contribution in [0.5, 0.6) is 5.75 Å². The van der Waals surface area contributed by atoms with E-state index in [1.54, 1.807) is 25.3 Å². The third kappa shape index (κ3) is 3.32. The number of thiol groups is 1. The van der Waals surface area contributed by atoms with Gasteiger partial charge >= 0.3 is 0 Å². The average molecular weight is 356 g/mol. The summed E-state index contributed by atoms with van der Waals surface area (Å²) in [7, 11) is 1.55. The fourth-order valence-corrected chi connectivity index (χ4v) is 2.37. The Labute approximate surface area is 129 Å². The van der Waals surface area contributed by atoms with E-state index in [4.69, 9.17) is 4.74 Å². The number of nitrogens with one attached hydrogen (secondary N) is 1. The molecule has 2 rings (SSSR count). The van der Waals surface area contributed by atoms with Crippen molar-refractivity contribution in [1.29, 1.82) is 0 Å². The Kier molecular flexibility index (Phi) is 4.67. The van der Waals surface area contributed by atoms with E-state index < -0.39 is 11.7 Å². The van der Waals surface area contributed by atoms with Crippen molar-refractivity contribution in [3.05, 3.63) is 52.3 Å². The highest BCUT2D eigenvalue weighted by Gasteiger charge is 2.13. The van der Waals surface area contributed by atoms with Gasteiger partial charge in [0.2, 0.25) is 0 Å². The lowest BCUT2D eigenvalue weighted by Crippen LogP contribution is -2.13. The smallest absolute Gasteiger partial charge is 0.258 e. The van der Waals surface area contributed by atoms with Crippen molar-refractivity contribution in [2.24, 2.45) is 0 Å². The minimum Gasteiger partial charge on any atom is -0.496 e. The molecule has 0 atom stereocenters. The Morgan fingerprint density at radius 1 is 1.30 bits per heavy atom. The van der Waals surface area contributed by atoms with Gasteiger partial charge in [0.05, 0.1) is 17.1 Å². The van der Waals surface area contributed by atoms with Crippen LogP contribution in [0.15, 0.2) is 45.8 Å². The van der Waals surface area contributed by atoms with E-state index in [1.165, 1.54) is 18.2 Å². The summed E-state index contributed by atoms with van der Waals surface area (Å²) in [6.07, 6.45) is 0. The molecule has 3 nitrogen and oxygen atoms in total. The van der Waals surface area contributed by atoms with Crippen molar-refractivity contribution in [1.82, 2.24) is 0 Å². The largest absolute Gasteiger partial charge is 0.496 e. The number of methoxy groups -OCH3 is 1. The fraction of sp³-hybridized carbons (Fsp3) is 0.0714. The molecule has 104 valence electrons. The van der Waals surface area contributed by atoms with Crippen LogP contribution in [0.25, 0.3) is 0 Å². The number of hydrogen-bond acceptors (Lipinski definition) is 3. The first-order chi connectivity index (χ1) is 9.51. The van der Waals surface area contributed by atoms with Gasteiger partial charge in [0.25, 0.3) is 5.91 Å². The summed E-state index contributed by atoms with van der Waals surface area (Å²) < 4.78 is 19.4. The molecule has 0 radical (unpaired) electrons. The molecule has 1 amide bonds. The van der Waals surface area contributed by atoms with Gasteiger partial charge in [-0.3, -0.25) is 4.79 Å². The predicted octanol–water partition coefficient (Wildman–Crippen LogP) is 4.14. The zero-order valence-electron chi connectivity index (χ0n) is 10.5. The molecule has 20 heavy (non-hydrogen) atoms. The molecule has 0 spiro atoms. The van der Waals surface area contributed by atoms with Crippen molar-refractivity contribution in [3.8, 4) is 5.75 Å². The number of anilines is 1. The summed E-state index contributed by atoms with van der Waals surface area (Å²) in [6.45, 7) is 0. The summed E-state index contributed by atoms with van der Waals surface area (Å²) in [5.41, 5.74) is 0.482. The van der Waals surface area contributed by atoms with Crippen LogP contribution in [-0.4, -0.2) is 13.0 Å². The zero-order chi connectivity index (χ0) is 14.7. The van der Waals surface area contributed by atoms with Crippen molar-refractivity contribution in [2.75, 3.05) is 12.4 Å². The number of carbonyl (C=O) groups is 1. The molecule has 0 aliphatic heterocycles. The third-order valence-electron chi connectivity index (χ3n) is 2.60. The lowest BCUT2D eigenvalue weighted by molar-refractivity contribution is 0.102. The van der Waals surface area contributed by atoms with E-state index in [2.05, 4.69) is 33.9 Å². The van der Waals surface area contributed by atoms with E-state index >= 15 is 0 Å². The van der Waals surface area contributed by atoms with Crippen molar-refractivity contribution < 1.29 is 13.9 Å². The lowest BCUT2D eigenvalue weighted by atomic mass is 10.2. The topological polar surface area (TPSA) is 38.3 Å². The van der Waals surface area contributed by atoms with E-state index in [1.807, 2.05) is 0 Å². The van der Waals surface area contributed by atoms with Crippen LogP contribution in [0.2, 0.25) is 0 Å². The van der Waals surface area contributed by atoms with Gasteiger partial charge in [0.15, 0.2) is 0 Å². The van der Waals surface area contributed by atoms with Crippen molar-refractivity contribution >= 4 is 40.2 Å². The van der Waals surface area contributed by atoms with Gasteiger partial charge < -0.3 is 10.1 Å². The first-order valence-corrected chi connectivity index (χ1v) is 6.88. The van der Waals surface area contributed by atoms with E-state index in [9.17, 15) is 9.18 Å². The number of benzene rings is 2. The second kappa shape index (κ2) is 6.28. The number of halogens is 2. The van der Waals surface area contributed by atoms with Gasteiger partial charge in [-0.25, -0.2) is 4.39 Å². The number of hydrogen-bond donors (Lipinski definition) is 2. The summed E-state index contributed by atoms with van der Waals surface area (Å²) in [4.78, 5) is 12.5. The molecular weight excluding hydrogens is 345 g/mol. The maximum atomic E-state index is 13.6. The minimum atomic E-state index is -0.590. The second-order valence-electron chi connectivity index (χ2n) is 3.97. The molecule has 0 unspecified atom stereocenters. The van der Waals surface area contributed by atoms with Gasteiger partial charge in [-0.2, -0.15) is 0 Å². The molecule has 0 saturated carbocycles. The normalized spacial score (nSPS) is 10.2. The Bertz CT molecular complexity index is 664. The summed E-state index contributed by atoms with van der Waals surface area (Å²) >= 11 is 7.41. The van der Waals surface area contributed by atoms with Gasteiger partial charge in [-0.15, -0.1) is 12.6 Å². The Morgan fingerprint density at radius 2 is 2.05 bits per heavy atom. The molecule has 0 bridgehead atoms. The summed E-state index contributed by atoms with van der Waals surface area (Å²) in [5, 5.41) is 2.62. The van der Waals surface area contributed by atoms with Gasteiger partial charge in [-0.1, -0.05) is 0 Å². The molecule has 2 aromatic carbocycles. The van der Waals surface area contributed by atoms with Crippen molar-refractivity contribution in [3.63, 3.8) is 0 Å². The van der Waals surface area contributed by atoms with E-state index in [-0.39, 0.29) is 5.56 Å². The number of carbonyl (C=O) groups excluding carboxylic acids is 1. The first kappa shape index (κ1) is 14.9. The fourth-order valence-electron chi connectivity index (χ4n) is 1.63. The highest BCUT2D eigenvalue weighted by molar-refractivity contribution is 9.10. The summed E-state index contributed by atoms with van der Waals surface area (Å²) in [6, 6.07) is 9.13. The van der Waals surface area contributed by atoms with Crippen LogP contribution >= 0.6 is 28.6 Å². The molecule has 0 fully saturated rings. The molecular formula is C14H11BrFNO2S. The molecule has 0 aromatic heterocycles. The predicted molar refractivity (Wildman–Crippen MR) is 82.3 cm³/mol. The number of rotatable bonds is 3. The standard InChI is InChI=1S/C14H11BrFNO2S/c1-19-13-5-2-8(6-11(13)15)17-14(18)10-7-9(20)3-4-12(10)16/h2-7,20H,1H3,(H,17,18). The van der Waals surface area contributed by atoms with Gasteiger partial charge in [0.1, 0.15) is 11.6 Å². The lowest BCUT2D eigenvalue weighted by Gasteiger charge is -2.09. The monoisotopic (exact) mass is 355 g/mol. The molecule has 0 aliphatic rings. The Hall–Kier alpha value is -1.53. The number of amides is 1. The quantitative estimate of drug-likeness (QED) is 0.812. The maximum absolute atomic E-state index is 13.6. The van der Waals surface area contributed by atoms with Crippen LogP contribution in [0.4, 0.5) is 10.1 Å². The van der Waals surface area contributed by atoms with Gasteiger partial charge in [-0.05, 0) is 52.3 Å². The van der Waals surface area contributed by atoms with Crippen LogP contribution in [0.1, 0.15) is 10.4 Å². The van der Waals surface area contributed by atoms with Crippen LogP contribution < -0.4 is 10.1 Å². The van der Waals surface area contributed by atoms with Crippen LogP contribution in [-0.2, 0) is 0 Å². The van der Waals surface area contributed by atoms with Gasteiger partial charge in [0, 0.05) is 10.6 Å². The highest BCUT2D eigenvalue weighted by Crippen LogP contribution is 2.28. The van der Waals surface area contributed by atoms with E-state index in [0.29, 0.717) is 20.8 Å². The summed E-state index contributed by atoms with van der Waals surface area (Å²) in [5.74, 6) is -0.477. The minimum absolute atomic E-state index is 0.0514. The Morgan fingerprint density at radius 3 is 2.70 bits per heavy atom.